The van der Waals surface area contributed by atoms with Gasteiger partial charge in [-0.3, -0.25) is 5.43 Å². The molecule has 0 amide bonds. The van der Waals surface area contributed by atoms with Gasteiger partial charge in [-0.25, -0.2) is 9.38 Å². The summed E-state index contributed by atoms with van der Waals surface area (Å²) >= 11 is 1.57. The van der Waals surface area contributed by atoms with Gasteiger partial charge in [-0.1, -0.05) is 6.07 Å². The number of halogens is 1. The molecule has 2 heterocycles. The molecule has 1 N–H and O–H groups in total. The van der Waals surface area contributed by atoms with Crippen molar-refractivity contribution in [2.45, 2.75) is 0 Å². The molecular weight excluding hydrogens is 337 g/mol. The molecule has 0 aliphatic carbocycles. The lowest BCUT2D eigenvalue weighted by Crippen LogP contribution is -2.18. The van der Waals surface area contributed by atoms with E-state index in [0.29, 0.717) is 22.8 Å². The Kier molecular flexibility index (Phi) is 4.03. The van der Waals surface area contributed by atoms with Crippen LogP contribution >= 0.6 is 11.3 Å². The summed E-state index contributed by atoms with van der Waals surface area (Å²) in [6.07, 6.45) is 0. The van der Waals surface area contributed by atoms with Crippen LogP contribution in [-0.4, -0.2) is 18.7 Å². The summed E-state index contributed by atoms with van der Waals surface area (Å²) in [6.45, 7) is 0. The number of rotatable bonds is 3. The van der Waals surface area contributed by atoms with E-state index in [1.165, 1.54) is 12.1 Å². The molecule has 0 spiro atoms. The van der Waals surface area contributed by atoms with Gasteiger partial charge in [0.15, 0.2) is 5.84 Å². The van der Waals surface area contributed by atoms with E-state index in [9.17, 15) is 4.39 Å². The normalized spacial score (nSPS) is 13.2. The fraction of sp³-hybridized carbons (Fsp3) is 0.0526. The molecular formula is C19H14FN3OS. The highest BCUT2D eigenvalue weighted by Crippen LogP contribution is 2.27. The van der Waals surface area contributed by atoms with Gasteiger partial charge in [0.2, 0.25) is 0 Å². The minimum atomic E-state index is -0.324. The van der Waals surface area contributed by atoms with E-state index in [1.54, 1.807) is 24.5 Å². The van der Waals surface area contributed by atoms with Crippen LogP contribution in [0.1, 0.15) is 16.0 Å². The van der Waals surface area contributed by atoms with Crippen molar-refractivity contribution in [2.24, 2.45) is 10.1 Å². The van der Waals surface area contributed by atoms with Crippen LogP contribution in [0, 0.1) is 5.82 Å². The van der Waals surface area contributed by atoms with Crippen LogP contribution in [-0.2, 0) is 0 Å². The van der Waals surface area contributed by atoms with Crippen LogP contribution in [0.25, 0.3) is 0 Å². The number of thiophene rings is 1. The Balaban J connectivity index is 1.85. The van der Waals surface area contributed by atoms with Crippen molar-refractivity contribution < 1.29 is 9.13 Å². The van der Waals surface area contributed by atoms with Gasteiger partial charge >= 0.3 is 0 Å². The first-order valence-corrected chi connectivity index (χ1v) is 8.53. The van der Waals surface area contributed by atoms with E-state index in [-0.39, 0.29) is 5.82 Å². The van der Waals surface area contributed by atoms with Crippen molar-refractivity contribution in [1.82, 2.24) is 5.43 Å². The summed E-state index contributed by atoms with van der Waals surface area (Å²) in [5, 5.41) is 6.48. The molecule has 0 fully saturated rings. The summed E-state index contributed by atoms with van der Waals surface area (Å²) in [5.74, 6) is 1.07. The number of hydrogen-bond acceptors (Lipinski definition) is 5. The van der Waals surface area contributed by atoms with Gasteiger partial charge in [-0.05, 0) is 53.9 Å². The highest BCUT2D eigenvalue weighted by Gasteiger charge is 2.18. The van der Waals surface area contributed by atoms with Crippen molar-refractivity contribution in [2.75, 3.05) is 7.11 Å². The van der Waals surface area contributed by atoms with Gasteiger partial charge in [0, 0.05) is 11.1 Å². The first kappa shape index (κ1) is 15.5. The molecule has 3 aromatic rings. The monoisotopic (exact) mass is 351 g/mol. The number of nitrogens with zero attached hydrogens (tertiary/aromatic N) is 2. The second-order valence-electron chi connectivity index (χ2n) is 5.40. The molecule has 4 rings (SSSR count). The maximum atomic E-state index is 13.9. The number of benzene rings is 2. The summed E-state index contributed by atoms with van der Waals surface area (Å²) in [6, 6.07) is 15.9. The zero-order chi connectivity index (χ0) is 17.2. The SMILES string of the molecule is COc1ccc(C2=NNC(c3cccs3)=Nc3ccc(F)cc32)cc1. The number of hydrogen-bond donors (Lipinski definition) is 1. The minimum absolute atomic E-state index is 0.324. The van der Waals surface area contributed by atoms with Crippen molar-refractivity contribution in [3.05, 3.63) is 81.8 Å². The van der Waals surface area contributed by atoms with E-state index in [1.807, 2.05) is 41.8 Å². The van der Waals surface area contributed by atoms with E-state index < -0.39 is 0 Å². The van der Waals surface area contributed by atoms with Crippen LogP contribution in [0.3, 0.4) is 0 Å². The molecule has 0 saturated heterocycles. The maximum absolute atomic E-state index is 13.9. The molecule has 6 heteroatoms. The number of fused-ring (bicyclic) bond motifs is 1. The van der Waals surface area contributed by atoms with E-state index >= 15 is 0 Å². The lowest BCUT2D eigenvalue weighted by atomic mass is 10.0. The summed E-state index contributed by atoms with van der Waals surface area (Å²) in [4.78, 5) is 5.61. The quantitative estimate of drug-likeness (QED) is 0.763. The second kappa shape index (κ2) is 6.49. The summed E-state index contributed by atoms with van der Waals surface area (Å²) < 4.78 is 19.1. The number of amidine groups is 1. The Morgan fingerprint density at radius 3 is 2.64 bits per heavy atom. The molecule has 4 nitrogen and oxygen atoms in total. The molecule has 25 heavy (non-hydrogen) atoms. The Morgan fingerprint density at radius 1 is 1.08 bits per heavy atom. The van der Waals surface area contributed by atoms with Crippen molar-refractivity contribution in [1.29, 1.82) is 0 Å². The summed E-state index contributed by atoms with van der Waals surface area (Å²) in [7, 11) is 1.62. The predicted molar refractivity (Wildman–Crippen MR) is 98.7 cm³/mol. The number of aliphatic imine (C=N–C) groups is 1. The first-order chi connectivity index (χ1) is 12.2. The molecule has 1 aliphatic heterocycles. The number of hydrazone groups is 1. The molecule has 0 bridgehead atoms. The number of methoxy groups -OCH3 is 1. The highest BCUT2D eigenvalue weighted by atomic mass is 32.1. The third kappa shape index (κ3) is 3.04. The molecule has 0 unspecified atom stereocenters. The van der Waals surface area contributed by atoms with Gasteiger partial charge in [0.05, 0.1) is 17.7 Å². The minimum Gasteiger partial charge on any atom is -0.497 e. The van der Waals surface area contributed by atoms with E-state index in [2.05, 4.69) is 15.5 Å². The molecule has 1 aromatic heterocycles. The number of nitrogens with one attached hydrogen (secondary N) is 1. The van der Waals surface area contributed by atoms with Gasteiger partial charge < -0.3 is 4.74 Å². The van der Waals surface area contributed by atoms with Crippen LogP contribution < -0.4 is 10.2 Å². The average molecular weight is 351 g/mol. The van der Waals surface area contributed by atoms with Gasteiger partial charge in [0.1, 0.15) is 17.3 Å². The van der Waals surface area contributed by atoms with Crippen molar-refractivity contribution in [3.63, 3.8) is 0 Å². The van der Waals surface area contributed by atoms with Crippen molar-refractivity contribution >= 4 is 28.6 Å². The zero-order valence-electron chi connectivity index (χ0n) is 13.4. The standard InChI is InChI=1S/C19H14FN3OS/c1-24-14-7-4-12(5-8-14)18-15-11-13(20)6-9-16(15)21-19(23-22-18)17-3-2-10-25-17/h2-11H,1H3,(H,21,23). The fourth-order valence-electron chi connectivity index (χ4n) is 2.60. The molecule has 124 valence electrons. The Labute approximate surface area is 148 Å². The Morgan fingerprint density at radius 2 is 1.92 bits per heavy atom. The van der Waals surface area contributed by atoms with E-state index in [4.69, 9.17) is 4.74 Å². The fourth-order valence-corrected chi connectivity index (χ4v) is 3.27. The summed E-state index contributed by atoms with van der Waals surface area (Å²) in [5.41, 5.74) is 5.82. The van der Waals surface area contributed by atoms with Crippen LogP contribution in [0.5, 0.6) is 5.75 Å². The van der Waals surface area contributed by atoms with E-state index in [0.717, 1.165) is 16.2 Å². The first-order valence-electron chi connectivity index (χ1n) is 7.65. The van der Waals surface area contributed by atoms with Gasteiger partial charge in [-0.15, -0.1) is 11.3 Å². The maximum Gasteiger partial charge on any atom is 0.164 e. The topological polar surface area (TPSA) is 46.0 Å². The van der Waals surface area contributed by atoms with Crippen molar-refractivity contribution in [3.8, 4) is 5.75 Å². The number of ether oxygens (including phenoxy) is 1. The Bertz CT molecular complexity index is 963. The zero-order valence-corrected chi connectivity index (χ0v) is 14.2. The average Bonchev–Trinajstić information content (AvgIpc) is 3.11. The second-order valence-corrected chi connectivity index (χ2v) is 6.35. The molecule has 2 aromatic carbocycles. The third-order valence-electron chi connectivity index (χ3n) is 3.84. The van der Waals surface area contributed by atoms with Crippen LogP contribution in [0.15, 0.2) is 70.1 Å². The molecule has 0 saturated carbocycles. The molecule has 0 atom stereocenters. The lowest BCUT2D eigenvalue weighted by molar-refractivity contribution is 0.415. The third-order valence-corrected chi connectivity index (χ3v) is 4.71. The highest BCUT2D eigenvalue weighted by molar-refractivity contribution is 7.12. The van der Waals surface area contributed by atoms with Crippen LogP contribution in [0.4, 0.5) is 10.1 Å². The molecule has 1 aliphatic rings. The predicted octanol–water partition coefficient (Wildman–Crippen LogP) is 4.33. The largest absolute Gasteiger partial charge is 0.497 e. The van der Waals surface area contributed by atoms with Gasteiger partial charge in [-0.2, -0.15) is 5.10 Å². The molecule has 0 radical (unpaired) electrons. The van der Waals surface area contributed by atoms with Gasteiger partial charge in [0.25, 0.3) is 0 Å². The van der Waals surface area contributed by atoms with Crippen LogP contribution in [0.2, 0.25) is 0 Å². The smallest absolute Gasteiger partial charge is 0.164 e. The Hall–Kier alpha value is -2.99. The lowest BCUT2D eigenvalue weighted by Gasteiger charge is -2.08.